The molecule has 0 amide bonds. The van der Waals surface area contributed by atoms with Crippen LogP contribution in [0.25, 0.3) is 0 Å². The lowest BCUT2D eigenvalue weighted by Gasteiger charge is -2.08. The van der Waals surface area contributed by atoms with Crippen molar-refractivity contribution in [3.63, 3.8) is 0 Å². The minimum atomic E-state index is -0.535. The van der Waals surface area contributed by atoms with E-state index in [2.05, 4.69) is 4.98 Å². The van der Waals surface area contributed by atoms with Gasteiger partial charge in [-0.1, -0.05) is 11.6 Å². The number of halogens is 2. The van der Waals surface area contributed by atoms with E-state index in [4.69, 9.17) is 22.1 Å². The summed E-state index contributed by atoms with van der Waals surface area (Å²) in [5, 5.41) is 0.631. The molecule has 1 aromatic heterocycles. The molecule has 2 N–H and O–H groups in total. The Morgan fingerprint density at radius 1 is 1.39 bits per heavy atom. The fraction of sp³-hybridized carbons (Fsp3) is 0.154. The van der Waals surface area contributed by atoms with E-state index in [-0.39, 0.29) is 12.4 Å². The number of aromatic nitrogens is 1. The quantitative estimate of drug-likeness (QED) is 0.926. The summed E-state index contributed by atoms with van der Waals surface area (Å²) in [6.07, 6.45) is 1.46. The standard InChI is InChI=1S/C13H12ClFN2O/c1-8-6-10(2-3-11(8)14)18-13-12(15)9(7-16)4-5-17-13/h2-6H,7,16H2,1H3. The van der Waals surface area contributed by atoms with Crippen molar-refractivity contribution in [2.45, 2.75) is 13.5 Å². The number of hydrogen-bond acceptors (Lipinski definition) is 3. The van der Waals surface area contributed by atoms with Crippen LogP contribution >= 0.6 is 11.6 Å². The summed E-state index contributed by atoms with van der Waals surface area (Å²) in [5.74, 6) is -0.134. The molecule has 0 aliphatic heterocycles. The van der Waals surface area contributed by atoms with Gasteiger partial charge < -0.3 is 10.5 Å². The lowest BCUT2D eigenvalue weighted by Crippen LogP contribution is -2.02. The van der Waals surface area contributed by atoms with Crippen LogP contribution in [0.15, 0.2) is 30.5 Å². The second kappa shape index (κ2) is 5.33. The summed E-state index contributed by atoms with van der Waals surface area (Å²) in [6, 6.07) is 6.59. The fourth-order valence-corrected chi connectivity index (χ4v) is 1.60. The Morgan fingerprint density at radius 3 is 2.83 bits per heavy atom. The van der Waals surface area contributed by atoms with Crippen LogP contribution in [0, 0.1) is 12.7 Å². The zero-order valence-electron chi connectivity index (χ0n) is 9.78. The third-order valence-electron chi connectivity index (χ3n) is 2.50. The average Bonchev–Trinajstić information content (AvgIpc) is 2.36. The number of nitrogens with zero attached hydrogens (tertiary/aromatic N) is 1. The van der Waals surface area contributed by atoms with Crippen molar-refractivity contribution >= 4 is 11.6 Å². The van der Waals surface area contributed by atoms with Gasteiger partial charge in [0, 0.05) is 23.3 Å². The zero-order valence-corrected chi connectivity index (χ0v) is 10.5. The lowest BCUT2D eigenvalue weighted by atomic mass is 10.2. The molecule has 2 aromatic rings. The molecule has 0 aliphatic rings. The van der Waals surface area contributed by atoms with E-state index in [0.29, 0.717) is 16.3 Å². The average molecular weight is 267 g/mol. The molecule has 0 atom stereocenters. The fourth-order valence-electron chi connectivity index (χ4n) is 1.48. The Labute approximate surface area is 109 Å². The first-order chi connectivity index (χ1) is 8.61. The second-order valence-electron chi connectivity index (χ2n) is 3.81. The molecule has 0 radical (unpaired) electrons. The number of ether oxygens (including phenoxy) is 1. The van der Waals surface area contributed by atoms with Gasteiger partial charge in [0.2, 0.25) is 0 Å². The summed E-state index contributed by atoms with van der Waals surface area (Å²) in [6.45, 7) is 1.94. The van der Waals surface area contributed by atoms with Crippen molar-refractivity contribution in [1.82, 2.24) is 4.98 Å². The van der Waals surface area contributed by atoms with Crippen LogP contribution in [0.4, 0.5) is 4.39 Å². The number of hydrogen-bond donors (Lipinski definition) is 1. The van der Waals surface area contributed by atoms with Crippen LogP contribution in [-0.2, 0) is 6.54 Å². The summed E-state index contributed by atoms with van der Waals surface area (Å²) in [5.41, 5.74) is 6.63. The molecule has 18 heavy (non-hydrogen) atoms. The minimum absolute atomic E-state index is 0.0836. The Kier molecular flexibility index (Phi) is 3.79. The first kappa shape index (κ1) is 12.8. The largest absolute Gasteiger partial charge is 0.436 e. The maximum atomic E-state index is 13.8. The van der Waals surface area contributed by atoms with Crippen LogP contribution in [0.3, 0.4) is 0 Å². The molecule has 0 aliphatic carbocycles. The van der Waals surface area contributed by atoms with Gasteiger partial charge in [-0.15, -0.1) is 0 Å². The first-order valence-electron chi connectivity index (χ1n) is 5.39. The Morgan fingerprint density at radius 2 is 2.17 bits per heavy atom. The van der Waals surface area contributed by atoms with Gasteiger partial charge in [-0.3, -0.25) is 0 Å². The van der Waals surface area contributed by atoms with E-state index < -0.39 is 5.82 Å². The maximum absolute atomic E-state index is 13.8. The molecule has 0 fully saturated rings. The molecule has 0 bridgehead atoms. The summed E-state index contributed by atoms with van der Waals surface area (Å²) in [7, 11) is 0. The molecule has 3 nitrogen and oxygen atoms in total. The molecule has 1 aromatic carbocycles. The van der Waals surface area contributed by atoms with Crippen LogP contribution in [0.2, 0.25) is 5.02 Å². The lowest BCUT2D eigenvalue weighted by molar-refractivity contribution is 0.419. The monoisotopic (exact) mass is 266 g/mol. The smallest absolute Gasteiger partial charge is 0.256 e. The Bertz CT molecular complexity index is 575. The van der Waals surface area contributed by atoms with Gasteiger partial charge in [0.05, 0.1) is 0 Å². The molecule has 1 heterocycles. The van der Waals surface area contributed by atoms with Crippen molar-refractivity contribution < 1.29 is 9.13 Å². The number of rotatable bonds is 3. The Hall–Kier alpha value is -1.65. The summed E-state index contributed by atoms with van der Waals surface area (Å²) >= 11 is 5.90. The van der Waals surface area contributed by atoms with Crippen molar-refractivity contribution in [3.05, 3.63) is 52.4 Å². The topological polar surface area (TPSA) is 48.1 Å². The van der Waals surface area contributed by atoms with Gasteiger partial charge in [-0.2, -0.15) is 0 Å². The van der Waals surface area contributed by atoms with E-state index in [1.807, 2.05) is 6.92 Å². The SMILES string of the molecule is Cc1cc(Oc2nccc(CN)c2F)ccc1Cl. The van der Waals surface area contributed by atoms with E-state index in [1.165, 1.54) is 12.3 Å². The predicted octanol–water partition coefficient (Wildman–Crippen LogP) is 3.43. The highest BCUT2D eigenvalue weighted by Gasteiger charge is 2.11. The van der Waals surface area contributed by atoms with Crippen LogP contribution in [-0.4, -0.2) is 4.98 Å². The molecule has 0 spiro atoms. The zero-order chi connectivity index (χ0) is 13.1. The minimum Gasteiger partial charge on any atom is -0.436 e. The molecule has 0 saturated heterocycles. The van der Waals surface area contributed by atoms with E-state index in [0.717, 1.165) is 5.56 Å². The summed E-state index contributed by atoms with van der Waals surface area (Å²) in [4.78, 5) is 3.85. The third-order valence-corrected chi connectivity index (χ3v) is 2.93. The van der Waals surface area contributed by atoms with Gasteiger partial charge in [0.15, 0.2) is 5.82 Å². The van der Waals surface area contributed by atoms with E-state index in [1.54, 1.807) is 18.2 Å². The highest BCUT2D eigenvalue weighted by Crippen LogP contribution is 2.27. The number of benzene rings is 1. The van der Waals surface area contributed by atoms with Gasteiger partial charge in [-0.05, 0) is 36.8 Å². The second-order valence-corrected chi connectivity index (χ2v) is 4.21. The maximum Gasteiger partial charge on any atom is 0.256 e. The van der Waals surface area contributed by atoms with Crippen molar-refractivity contribution in [2.75, 3.05) is 0 Å². The number of nitrogens with two attached hydrogens (primary N) is 1. The van der Waals surface area contributed by atoms with Gasteiger partial charge >= 0.3 is 0 Å². The van der Waals surface area contributed by atoms with E-state index in [9.17, 15) is 4.39 Å². The van der Waals surface area contributed by atoms with Crippen LogP contribution in [0.1, 0.15) is 11.1 Å². The molecule has 94 valence electrons. The molecular formula is C13H12ClFN2O. The van der Waals surface area contributed by atoms with Gasteiger partial charge in [0.25, 0.3) is 5.88 Å². The molecular weight excluding hydrogens is 255 g/mol. The predicted molar refractivity (Wildman–Crippen MR) is 68.3 cm³/mol. The van der Waals surface area contributed by atoms with Crippen molar-refractivity contribution in [1.29, 1.82) is 0 Å². The Balaban J connectivity index is 2.31. The highest BCUT2D eigenvalue weighted by atomic mass is 35.5. The molecule has 2 rings (SSSR count). The molecule has 0 saturated carbocycles. The van der Waals surface area contributed by atoms with Crippen LogP contribution in [0.5, 0.6) is 11.6 Å². The normalized spacial score (nSPS) is 10.4. The van der Waals surface area contributed by atoms with Crippen LogP contribution < -0.4 is 10.5 Å². The first-order valence-corrected chi connectivity index (χ1v) is 5.77. The highest BCUT2D eigenvalue weighted by molar-refractivity contribution is 6.31. The van der Waals surface area contributed by atoms with Gasteiger partial charge in [0.1, 0.15) is 5.75 Å². The van der Waals surface area contributed by atoms with Crippen molar-refractivity contribution in [2.24, 2.45) is 5.73 Å². The van der Waals surface area contributed by atoms with Gasteiger partial charge in [-0.25, -0.2) is 9.37 Å². The molecule has 5 heteroatoms. The molecule has 0 unspecified atom stereocenters. The number of aryl methyl sites for hydroxylation is 1. The summed E-state index contributed by atoms with van der Waals surface area (Å²) < 4.78 is 19.2. The number of pyridine rings is 1. The van der Waals surface area contributed by atoms with Crippen molar-refractivity contribution in [3.8, 4) is 11.6 Å². The third kappa shape index (κ3) is 2.60. The van der Waals surface area contributed by atoms with E-state index >= 15 is 0 Å².